The molecule has 1 aromatic rings. The molecule has 2 rings (SSSR count). The van der Waals surface area contributed by atoms with Crippen molar-refractivity contribution in [3.05, 3.63) is 11.8 Å². The summed E-state index contributed by atoms with van der Waals surface area (Å²) in [5.41, 5.74) is 5.18. The van der Waals surface area contributed by atoms with Crippen molar-refractivity contribution in [2.45, 2.75) is 0 Å². The number of nitrogens with two attached hydrogens (primary N) is 1. The van der Waals surface area contributed by atoms with E-state index in [0.717, 1.165) is 0 Å². The number of carbonyl (C=O) groups is 2. The van der Waals surface area contributed by atoms with E-state index in [1.54, 1.807) is 14.1 Å². The number of rotatable bonds is 3. The Morgan fingerprint density at radius 2 is 1.95 bits per heavy atom. The van der Waals surface area contributed by atoms with Crippen molar-refractivity contribution in [1.29, 1.82) is 0 Å². The van der Waals surface area contributed by atoms with Gasteiger partial charge in [-0.25, -0.2) is 14.6 Å². The third-order valence-electron chi connectivity index (χ3n) is 3.34. The van der Waals surface area contributed by atoms with Crippen LogP contribution in [0, 0.1) is 0 Å². The molecule has 2 amide bonds. The number of anilines is 1. The Kier molecular flexibility index (Phi) is 4.05. The molecule has 9 heteroatoms. The normalized spacial score (nSPS) is 15.8. The Hall–Kier alpha value is -2.26. The highest BCUT2D eigenvalue weighted by Gasteiger charge is 2.31. The Morgan fingerprint density at radius 1 is 1.33 bits per heavy atom. The van der Waals surface area contributed by atoms with Gasteiger partial charge in [0.05, 0.1) is 33.4 Å². The molecule has 0 unspecified atom stereocenters. The smallest absolute Gasteiger partial charge is 0.419 e. The molecule has 0 bridgehead atoms. The molecule has 0 aliphatic carbocycles. The van der Waals surface area contributed by atoms with E-state index in [1.165, 1.54) is 6.07 Å². The van der Waals surface area contributed by atoms with E-state index in [1.807, 2.05) is 4.90 Å². The molecule has 0 radical (unpaired) electrons. The van der Waals surface area contributed by atoms with E-state index < -0.39 is 12.0 Å². The number of carboxylic acids is 1. The van der Waals surface area contributed by atoms with Gasteiger partial charge in [0.1, 0.15) is 0 Å². The third-order valence-corrected chi connectivity index (χ3v) is 3.34. The van der Waals surface area contributed by atoms with E-state index in [4.69, 9.17) is 10.5 Å². The number of hydrogen-bond donors (Lipinski definition) is 2. The van der Waals surface area contributed by atoms with Crippen LogP contribution in [-0.4, -0.2) is 67.5 Å². The van der Waals surface area contributed by atoms with Crippen LogP contribution in [0.2, 0.25) is 0 Å². The lowest BCUT2D eigenvalue weighted by Crippen LogP contribution is -2.51. The predicted molar refractivity (Wildman–Crippen MR) is 75.2 cm³/mol. The molecule has 1 aliphatic rings. The number of carbonyl (C=O) groups excluding carboxylic acids is 1. The van der Waals surface area contributed by atoms with Gasteiger partial charge in [-0.3, -0.25) is 0 Å². The van der Waals surface area contributed by atoms with Gasteiger partial charge in [0, 0.05) is 13.1 Å². The van der Waals surface area contributed by atoms with Crippen molar-refractivity contribution in [3.8, 4) is 0 Å². The van der Waals surface area contributed by atoms with Crippen LogP contribution in [0.25, 0.3) is 0 Å². The second-order valence-electron chi connectivity index (χ2n) is 5.11. The summed E-state index contributed by atoms with van der Waals surface area (Å²) < 4.78 is 4.88. The van der Waals surface area contributed by atoms with Gasteiger partial charge in [0.15, 0.2) is 5.69 Å². The van der Waals surface area contributed by atoms with Gasteiger partial charge >= 0.3 is 12.0 Å². The first-order valence-electron chi connectivity index (χ1n) is 6.42. The summed E-state index contributed by atoms with van der Waals surface area (Å²) in [6.45, 7) is 2.16. The number of morpholine rings is 1. The molecule has 21 heavy (non-hydrogen) atoms. The van der Waals surface area contributed by atoms with Crippen LogP contribution in [-0.2, 0) is 4.74 Å². The number of quaternary nitrogens is 1. The number of nitrogens with zero attached hydrogens (tertiary/aromatic N) is 4. The third kappa shape index (κ3) is 3.09. The Balaban J connectivity index is 2.48. The van der Waals surface area contributed by atoms with Crippen molar-refractivity contribution in [2.24, 2.45) is 5.73 Å². The summed E-state index contributed by atoms with van der Waals surface area (Å²) in [4.78, 5) is 32.9. The van der Waals surface area contributed by atoms with Crippen LogP contribution < -0.4 is 15.1 Å². The van der Waals surface area contributed by atoms with Crippen LogP contribution in [0.15, 0.2) is 6.07 Å². The Labute approximate surface area is 121 Å². The van der Waals surface area contributed by atoms with Crippen molar-refractivity contribution in [2.75, 3.05) is 45.3 Å². The van der Waals surface area contributed by atoms with Gasteiger partial charge < -0.3 is 20.5 Å². The number of hydrogen-bond acceptors (Lipinski definition) is 6. The average Bonchev–Trinajstić information content (AvgIpc) is 2.47. The van der Waals surface area contributed by atoms with Crippen molar-refractivity contribution in [3.63, 3.8) is 0 Å². The molecule has 0 spiro atoms. The molecule has 9 nitrogen and oxygen atoms in total. The summed E-state index contributed by atoms with van der Waals surface area (Å²) in [5, 5.41) is 9.18. The number of urea groups is 1. The maximum atomic E-state index is 11.5. The van der Waals surface area contributed by atoms with Crippen molar-refractivity contribution in [1.82, 2.24) is 14.5 Å². The molecular weight excluding hydrogens is 278 g/mol. The highest BCUT2D eigenvalue weighted by molar-refractivity contribution is 5.89. The lowest BCUT2D eigenvalue weighted by Gasteiger charge is -2.28. The predicted octanol–water partition coefficient (Wildman–Crippen LogP) is -0.343. The molecule has 0 saturated carbocycles. The van der Waals surface area contributed by atoms with Crippen LogP contribution >= 0.6 is 0 Å². The first kappa shape index (κ1) is 15.1. The lowest BCUT2D eigenvalue weighted by atomic mass is 10.3. The second kappa shape index (κ2) is 5.62. The zero-order chi connectivity index (χ0) is 15.6. The minimum atomic E-state index is -1.18. The average molecular weight is 296 g/mol. The maximum absolute atomic E-state index is 11.5. The summed E-state index contributed by atoms with van der Waals surface area (Å²) in [7, 11) is 3.08. The van der Waals surface area contributed by atoms with Crippen LogP contribution in [0.1, 0.15) is 10.5 Å². The van der Waals surface area contributed by atoms with Gasteiger partial charge in [0.2, 0.25) is 11.8 Å². The number of ether oxygens (including phenoxy) is 1. The van der Waals surface area contributed by atoms with Crippen LogP contribution in [0.3, 0.4) is 0 Å². The highest BCUT2D eigenvalue weighted by atomic mass is 16.5. The zero-order valence-corrected chi connectivity index (χ0v) is 11.9. The Bertz CT molecular complexity index is 569. The van der Waals surface area contributed by atoms with Gasteiger partial charge in [0.25, 0.3) is 0 Å². The largest absolute Gasteiger partial charge is 0.477 e. The van der Waals surface area contributed by atoms with Gasteiger partial charge in [-0.1, -0.05) is 0 Å². The molecular formula is C12H18N5O4+. The van der Waals surface area contributed by atoms with Crippen molar-refractivity contribution >= 4 is 23.8 Å². The van der Waals surface area contributed by atoms with Crippen LogP contribution in [0.4, 0.5) is 16.6 Å². The quantitative estimate of drug-likeness (QED) is 0.732. The number of aromatic carboxylic acids is 1. The molecule has 114 valence electrons. The first-order valence-corrected chi connectivity index (χ1v) is 6.42. The molecule has 1 saturated heterocycles. The van der Waals surface area contributed by atoms with E-state index in [9.17, 15) is 14.7 Å². The fourth-order valence-electron chi connectivity index (χ4n) is 1.84. The Morgan fingerprint density at radius 3 is 2.48 bits per heavy atom. The molecule has 1 aliphatic heterocycles. The molecule has 1 fully saturated rings. The van der Waals surface area contributed by atoms with Crippen molar-refractivity contribution < 1.29 is 19.4 Å². The molecule has 0 atom stereocenters. The molecule has 1 aromatic heterocycles. The topological polar surface area (TPSA) is 119 Å². The summed E-state index contributed by atoms with van der Waals surface area (Å²) in [5.74, 6) is -0.685. The minimum absolute atomic E-state index is 0.172. The summed E-state index contributed by atoms with van der Waals surface area (Å²) >= 11 is 0. The van der Waals surface area contributed by atoms with Gasteiger partial charge in [-0.05, 0) is 0 Å². The number of amides is 2. The lowest BCUT2D eigenvalue weighted by molar-refractivity contribution is 0.0690. The summed E-state index contributed by atoms with van der Waals surface area (Å²) in [6.07, 6.45) is 0. The fourth-order valence-corrected chi connectivity index (χ4v) is 1.84. The standard InChI is InChI=1S/C12H17N5O4/c1-17(2,11(13)20)9-7-8(10(18)19)14-12(15-9)16-3-5-21-6-4-16/h7H,3-6H2,1-2H3,(H2-,13,18,19,20)/p+1. The monoisotopic (exact) mass is 296 g/mol. The van der Waals surface area contributed by atoms with E-state index in [-0.39, 0.29) is 21.9 Å². The van der Waals surface area contributed by atoms with Gasteiger partial charge in [-0.2, -0.15) is 9.47 Å². The second-order valence-corrected chi connectivity index (χ2v) is 5.11. The molecule has 0 aromatic carbocycles. The molecule has 2 heterocycles. The first-order chi connectivity index (χ1) is 9.82. The summed E-state index contributed by atoms with van der Waals surface area (Å²) in [6, 6.07) is 0.620. The zero-order valence-electron chi connectivity index (χ0n) is 11.9. The van der Waals surface area contributed by atoms with Crippen LogP contribution in [0.5, 0.6) is 0 Å². The SMILES string of the molecule is C[N+](C)(C(N)=O)c1cc(C(=O)O)nc(N2CCOCC2)n1. The fraction of sp³-hybridized carbons (Fsp3) is 0.500. The van der Waals surface area contributed by atoms with E-state index in [2.05, 4.69) is 9.97 Å². The van der Waals surface area contributed by atoms with Gasteiger partial charge in [-0.15, -0.1) is 0 Å². The maximum Gasteiger partial charge on any atom is 0.419 e. The molecule has 3 N–H and O–H groups in total. The highest BCUT2D eigenvalue weighted by Crippen LogP contribution is 2.21. The van der Waals surface area contributed by atoms with E-state index in [0.29, 0.717) is 26.3 Å². The van der Waals surface area contributed by atoms with E-state index >= 15 is 0 Å². The number of primary amides is 1. The number of aromatic nitrogens is 2. The number of carboxylic acid groups (broad SMARTS) is 1. The minimum Gasteiger partial charge on any atom is -0.477 e.